The second-order valence-corrected chi connectivity index (χ2v) is 5.31. The minimum atomic E-state index is -0.438. The first-order chi connectivity index (χ1) is 7.59. The third-order valence-electron chi connectivity index (χ3n) is 3.82. The van der Waals surface area contributed by atoms with Crippen molar-refractivity contribution < 1.29 is 9.90 Å². The maximum atomic E-state index is 11.7. The molecule has 1 saturated carbocycles. The summed E-state index contributed by atoms with van der Waals surface area (Å²) in [6, 6.07) is 0. The number of aliphatic hydroxyl groups excluding tert-OH is 1. The highest BCUT2D eigenvalue weighted by atomic mass is 16.3. The number of amides is 1. The van der Waals surface area contributed by atoms with E-state index >= 15 is 0 Å². The molecule has 0 spiro atoms. The van der Waals surface area contributed by atoms with Crippen LogP contribution >= 0.6 is 0 Å². The summed E-state index contributed by atoms with van der Waals surface area (Å²) in [7, 11) is 0. The zero-order valence-corrected chi connectivity index (χ0v) is 10.6. The van der Waals surface area contributed by atoms with Crippen molar-refractivity contribution in [2.75, 3.05) is 6.61 Å². The van der Waals surface area contributed by atoms with Crippen LogP contribution in [0.2, 0.25) is 0 Å². The average molecular weight is 227 g/mol. The molecule has 0 radical (unpaired) electrons. The van der Waals surface area contributed by atoms with Crippen LogP contribution in [0.25, 0.3) is 0 Å². The number of rotatable bonds is 6. The van der Waals surface area contributed by atoms with E-state index in [2.05, 4.69) is 5.32 Å². The predicted molar refractivity (Wildman–Crippen MR) is 65.1 cm³/mol. The molecule has 0 saturated heterocycles. The summed E-state index contributed by atoms with van der Waals surface area (Å²) in [6.45, 7) is 3.88. The molecule has 1 atom stereocenters. The summed E-state index contributed by atoms with van der Waals surface area (Å²) in [5, 5.41) is 12.1. The zero-order chi connectivity index (χ0) is 12.0. The molecule has 1 rings (SSSR count). The Morgan fingerprint density at radius 1 is 1.44 bits per heavy atom. The Balaban J connectivity index is 2.24. The lowest BCUT2D eigenvalue weighted by Gasteiger charge is -2.27. The van der Waals surface area contributed by atoms with Gasteiger partial charge in [0, 0.05) is 6.42 Å². The Bertz CT molecular complexity index is 218. The molecule has 1 amide bonds. The van der Waals surface area contributed by atoms with E-state index in [9.17, 15) is 9.90 Å². The molecule has 0 heterocycles. The third-order valence-corrected chi connectivity index (χ3v) is 3.82. The molecule has 3 nitrogen and oxygen atoms in total. The highest BCUT2D eigenvalue weighted by molar-refractivity contribution is 5.76. The Kier molecular flexibility index (Phi) is 5.26. The van der Waals surface area contributed by atoms with Gasteiger partial charge in [-0.1, -0.05) is 32.6 Å². The zero-order valence-electron chi connectivity index (χ0n) is 10.6. The normalized spacial score (nSPS) is 20.7. The molecule has 0 aromatic heterocycles. The van der Waals surface area contributed by atoms with Gasteiger partial charge in [-0.15, -0.1) is 0 Å². The van der Waals surface area contributed by atoms with Crippen molar-refractivity contribution in [2.24, 2.45) is 5.92 Å². The Morgan fingerprint density at radius 3 is 2.56 bits per heavy atom. The summed E-state index contributed by atoms with van der Waals surface area (Å²) >= 11 is 0. The second-order valence-electron chi connectivity index (χ2n) is 5.31. The first kappa shape index (κ1) is 13.5. The molecular formula is C13H25NO2. The summed E-state index contributed by atoms with van der Waals surface area (Å²) in [5.41, 5.74) is -0.438. The van der Waals surface area contributed by atoms with Gasteiger partial charge in [0.25, 0.3) is 0 Å². The lowest BCUT2D eigenvalue weighted by Crippen LogP contribution is -2.48. The Labute approximate surface area is 98.6 Å². The van der Waals surface area contributed by atoms with Gasteiger partial charge in [-0.05, 0) is 25.7 Å². The molecule has 1 aliphatic rings. The van der Waals surface area contributed by atoms with E-state index in [4.69, 9.17) is 0 Å². The van der Waals surface area contributed by atoms with Crippen LogP contribution in [0.1, 0.15) is 58.8 Å². The van der Waals surface area contributed by atoms with Crippen LogP contribution in [-0.2, 0) is 4.79 Å². The molecule has 1 aliphatic carbocycles. The number of hydrogen-bond donors (Lipinski definition) is 2. The maximum Gasteiger partial charge on any atom is 0.220 e. The van der Waals surface area contributed by atoms with E-state index in [0.717, 1.165) is 18.8 Å². The molecule has 94 valence electrons. The monoisotopic (exact) mass is 227 g/mol. The van der Waals surface area contributed by atoms with Gasteiger partial charge in [-0.25, -0.2) is 0 Å². The highest BCUT2D eigenvalue weighted by Crippen LogP contribution is 2.28. The van der Waals surface area contributed by atoms with Crippen LogP contribution in [-0.4, -0.2) is 23.2 Å². The van der Waals surface area contributed by atoms with Gasteiger partial charge in [0.1, 0.15) is 0 Å². The molecule has 1 unspecified atom stereocenters. The van der Waals surface area contributed by atoms with Crippen LogP contribution in [0, 0.1) is 5.92 Å². The van der Waals surface area contributed by atoms with Crippen molar-refractivity contribution in [1.82, 2.24) is 5.32 Å². The van der Waals surface area contributed by atoms with Crippen molar-refractivity contribution in [3.05, 3.63) is 0 Å². The Hall–Kier alpha value is -0.570. The first-order valence-corrected chi connectivity index (χ1v) is 6.51. The number of hydrogen-bond acceptors (Lipinski definition) is 2. The van der Waals surface area contributed by atoms with Crippen molar-refractivity contribution >= 4 is 5.91 Å². The molecule has 1 fully saturated rings. The van der Waals surface area contributed by atoms with Gasteiger partial charge < -0.3 is 10.4 Å². The van der Waals surface area contributed by atoms with Crippen molar-refractivity contribution in [1.29, 1.82) is 0 Å². The maximum absolute atomic E-state index is 11.7. The van der Waals surface area contributed by atoms with E-state index in [1.807, 2.05) is 13.8 Å². The number of nitrogens with one attached hydrogen (secondary N) is 1. The molecule has 0 aliphatic heterocycles. The minimum Gasteiger partial charge on any atom is -0.394 e. The first-order valence-electron chi connectivity index (χ1n) is 6.51. The fourth-order valence-electron chi connectivity index (χ4n) is 2.27. The number of aliphatic hydroxyl groups is 1. The minimum absolute atomic E-state index is 0.0126. The fraction of sp³-hybridized carbons (Fsp3) is 0.923. The topological polar surface area (TPSA) is 49.3 Å². The smallest absolute Gasteiger partial charge is 0.220 e. The van der Waals surface area contributed by atoms with Gasteiger partial charge in [0.15, 0.2) is 0 Å². The largest absolute Gasteiger partial charge is 0.394 e. The van der Waals surface area contributed by atoms with Crippen LogP contribution in [0.3, 0.4) is 0 Å². The third kappa shape index (κ3) is 4.12. The van der Waals surface area contributed by atoms with Crippen LogP contribution in [0.15, 0.2) is 0 Å². The van der Waals surface area contributed by atoms with Gasteiger partial charge >= 0.3 is 0 Å². The van der Waals surface area contributed by atoms with Crippen LogP contribution in [0.5, 0.6) is 0 Å². The molecule has 0 aromatic rings. The predicted octanol–water partition coefficient (Wildman–Crippen LogP) is 2.23. The molecule has 3 heteroatoms. The Morgan fingerprint density at radius 2 is 2.06 bits per heavy atom. The molecule has 16 heavy (non-hydrogen) atoms. The van der Waals surface area contributed by atoms with Crippen molar-refractivity contribution in [3.63, 3.8) is 0 Å². The van der Waals surface area contributed by atoms with Crippen molar-refractivity contribution in [3.8, 4) is 0 Å². The SMILES string of the molecule is CCC(C)(CO)NC(=O)CCC1CCCC1. The highest BCUT2D eigenvalue weighted by Gasteiger charge is 2.23. The fourth-order valence-corrected chi connectivity index (χ4v) is 2.27. The quantitative estimate of drug-likeness (QED) is 0.731. The van der Waals surface area contributed by atoms with E-state index in [1.54, 1.807) is 0 Å². The van der Waals surface area contributed by atoms with Gasteiger partial charge in [-0.2, -0.15) is 0 Å². The number of carbonyl (C=O) groups is 1. The number of carbonyl (C=O) groups excluding carboxylic acids is 1. The standard InChI is InChI=1S/C13H25NO2/c1-3-13(2,10-15)14-12(16)9-8-11-6-4-5-7-11/h11,15H,3-10H2,1-2H3,(H,14,16). The van der Waals surface area contributed by atoms with E-state index in [0.29, 0.717) is 6.42 Å². The lowest BCUT2D eigenvalue weighted by molar-refractivity contribution is -0.123. The van der Waals surface area contributed by atoms with E-state index in [1.165, 1.54) is 25.7 Å². The summed E-state index contributed by atoms with van der Waals surface area (Å²) < 4.78 is 0. The summed E-state index contributed by atoms with van der Waals surface area (Å²) in [4.78, 5) is 11.7. The van der Waals surface area contributed by atoms with Gasteiger partial charge in [-0.3, -0.25) is 4.79 Å². The van der Waals surface area contributed by atoms with Crippen LogP contribution < -0.4 is 5.32 Å². The van der Waals surface area contributed by atoms with Gasteiger partial charge in [0.05, 0.1) is 12.1 Å². The van der Waals surface area contributed by atoms with Gasteiger partial charge in [0.2, 0.25) is 5.91 Å². The summed E-state index contributed by atoms with van der Waals surface area (Å²) in [5.74, 6) is 0.845. The molecule has 2 N–H and O–H groups in total. The lowest BCUT2D eigenvalue weighted by atomic mass is 9.98. The molecule has 0 bridgehead atoms. The molecular weight excluding hydrogens is 202 g/mol. The van der Waals surface area contributed by atoms with Crippen LogP contribution in [0.4, 0.5) is 0 Å². The molecule has 0 aromatic carbocycles. The van der Waals surface area contributed by atoms with E-state index in [-0.39, 0.29) is 12.5 Å². The average Bonchev–Trinajstić information content (AvgIpc) is 2.79. The second kappa shape index (κ2) is 6.24. The van der Waals surface area contributed by atoms with Crippen molar-refractivity contribution in [2.45, 2.75) is 64.3 Å². The van der Waals surface area contributed by atoms with E-state index < -0.39 is 5.54 Å². The summed E-state index contributed by atoms with van der Waals surface area (Å²) in [6.07, 6.45) is 7.62.